The summed E-state index contributed by atoms with van der Waals surface area (Å²) < 4.78 is 8.06. The van der Waals surface area contributed by atoms with Gasteiger partial charge >= 0.3 is 0 Å². The third-order valence-electron chi connectivity index (χ3n) is 6.09. The number of rotatable bonds is 5. The van der Waals surface area contributed by atoms with Crippen LogP contribution in [-0.4, -0.2) is 38.7 Å². The van der Waals surface area contributed by atoms with Gasteiger partial charge in [-0.15, -0.1) is 0 Å². The number of hydrogen-bond donors (Lipinski definition) is 0. The molecule has 33 heavy (non-hydrogen) atoms. The molecule has 2 aromatic carbocycles. The summed E-state index contributed by atoms with van der Waals surface area (Å²) in [4.78, 5) is 18.4. The number of ether oxygens (including phenoxy) is 1. The zero-order valence-electron chi connectivity index (χ0n) is 18.6. The van der Waals surface area contributed by atoms with Gasteiger partial charge in [0.1, 0.15) is 17.2 Å². The van der Waals surface area contributed by atoms with Crippen LogP contribution in [0, 0.1) is 6.92 Å². The van der Waals surface area contributed by atoms with Gasteiger partial charge in [0.25, 0.3) is 0 Å². The number of aromatic nitrogens is 3. The molecule has 0 aliphatic carbocycles. The van der Waals surface area contributed by atoms with Crippen LogP contribution in [0.1, 0.15) is 24.4 Å². The van der Waals surface area contributed by atoms with E-state index in [0.29, 0.717) is 6.54 Å². The van der Waals surface area contributed by atoms with E-state index in [0.717, 1.165) is 58.6 Å². The average molecular weight is 439 g/mol. The Kier molecular flexibility index (Phi) is 5.65. The highest BCUT2D eigenvalue weighted by molar-refractivity contribution is 5.93. The van der Waals surface area contributed by atoms with Crippen LogP contribution in [0.2, 0.25) is 0 Å². The molecule has 0 saturated carbocycles. The van der Waals surface area contributed by atoms with Crippen LogP contribution in [0.25, 0.3) is 22.2 Å². The van der Waals surface area contributed by atoms with Crippen molar-refractivity contribution in [2.24, 2.45) is 0 Å². The van der Waals surface area contributed by atoms with Crippen molar-refractivity contribution < 1.29 is 9.53 Å². The van der Waals surface area contributed by atoms with Crippen molar-refractivity contribution in [3.63, 3.8) is 0 Å². The molecule has 0 N–H and O–H groups in total. The summed E-state index contributed by atoms with van der Waals surface area (Å²) in [6.07, 6.45) is 6.96. The Hall–Kier alpha value is -3.93. The van der Waals surface area contributed by atoms with Crippen molar-refractivity contribution in [3.05, 3.63) is 85.2 Å². The van der Waals surface area contributed by atoms with Crippen molar-refractivity contribution in [3.8, 4) is 22.8 Å². The molecule has 1 aliphatic rings. The van der Waals surface area contributed by atoms with Gasteiger partial charge in [-0.3, -0.25) is 14.5 Å². The van der Waals surface area contributed by atoms with Crippen molar-refractivity contribution in [1.29, 1.82) is 0 Å². The van der Waals surface area contributed by atoms with E-state index in [1.54, 1.807) is 6.20 Å². The average Bonchev–Trinajstić information content (AvgIpc) is 3.24. The summed E-state index contributed by atoms with van der Waals surface area (Å²) >= 11 is 0. The monoisotopic (exact) mass is 438 g/mol. The molecule has 2 aromatic heterocycles. The van der Waals surface area contributed by atoms with Crippen molar-refractivity contribution in [2.75, 3.05) is 13.1 Å². The van der Waals surface area contributed by atoms with Gasteiger partial charge in [0.15, 0.2) is 0 Å². The zero-order valence-corrected chi connectivity index (χ0v) is 18.6. The molecule has 0 bridgehead atoms. The molecule has 4 aromatic rings. The Balaban J connectivity index is 1.45. The van der Waals surface area contributed by atoms with Gasteiger partial charge in [-0.2, -0.15) is 5.10 Å². The van der Waals surface area contributed by atoms with E-state index >= 15 is 0 Å². The molecule has 0 spiro atoms. The Labute approximate surface area is 193 Å². The number of benzene rings is 2. The minimum Gasteiger partial charge on any atom is -0.457 e. The van der Waals surface area contributed by atoms with E-state index < -0.39 is 0 Å². The number of likely N-dealkylation sites (tertiary alicyclic amines) is 1. The third-order valence-corrected chi connectivity index (χ3v) is 6.09. The number of carbonyl (C=O) groups excluding carboxylic acids is 1. The number of aryl methyl sites for hydroxylation is 1. The molecular weight excluding hydrogens is 412 g/mol. The highest BCUT2D eigenvalue weighted by Crippen LogP contribution is 2.33. The highest BCUT2D eigenvalue weighted by atomic mass is 16.5. The van der Waals surface area contributed by atoms with Crippen LogP contribution in [0.4, 0.5) is 0 Å². The summed E-state index contributed by atoms with van der Waals surface area (Å²) in [5.74, 6) is 1.57. The fourth-order valence-corrected chi connectivity index (χ4v) is 4.46. The summed E-state index contributed by atoms with van der Waals surface area (Å²) in [6, 6.07) is 18.1. The lowest BCUT2D eigenvalue weighted by molar-refractivity contribution is -0.127. The summed E-state index contributed by atoms with van der Waals surface area (Å²) in [5.41, 5.74) is 4.06. The molecule has 166 valence electrons. The second kappa shape index (κ2) is 8.90. The summed E-state index contributed by atoms with van der Waals surface area (Å²) in [6.45, 7) is 7.07. The van der Waals surface area contributed by atoms with E-state index in [-0.39, 0.29) is 11.9 Å². The van der Waals surface area contributed by atoms with E-state index in [4.69, 9.17) is 9.84 Å². The largest absolute Gasteiger partial charge is 0.457 e. The van der Waals surface area contributed by atoms with Crippen LogP contribution in [0.3, 0.4) is 0 Å². The van der Waals surface area contributed by atoms with E-state index in [1.165, 1.54) is 6.08 Å². The van der Waals surface area contributed by atoms with Gasteiger partial charge in [0.05, 0.1) is 11.6 Å². The van der Waals surface area contributed by atoms with Crippen molar-refractivity contribution >= 4 is 16.8 Å². The molecule has 1 unspecified atom stereocenters. The van der Waals surface area contributed by atoms with Crippen LogP contribution in [0.5, 0.6) is 11.5 Å². The van der Waals surface area contributed by atoms with E-state index in [1.807, 2.05) is 72.6 Å². The van der Waals surface area contributed by atoms with Gasteiger partial charge in [-0.1, -0.05) is 18.7 Å². The first-order valence-electron chi connectivity index (χ1n) is 11.2. The molecule has 5 rings (SSSR count). The predicted octanol–water partition coefficient (Wildman–Crippen LogP) is 5.55. The third kappa shape index (κ3) is 4.24. The molecule has 6 nitrogen and oxygen atoms in total. The number of pyridine rings is 1. The molecule has 1 fully saturated rings. The lowest BCUT2D eigenvalue weighted by Crippen LogP contribution is -2.40. The maximum absolute atomic E-state index is 12.2. The van der Waals surface area contributed by atoms with Crippen LogP contribution in [0.15, 0.2) is 79.6 Å². The highest BCUT2D eigenvalue weighted by Gasteiger charge is 2.26. The number of fused-ring (bicyclic) bond motifs is 1. The van der Waals surface area contributed by atoms with Crippen LogP contribution in [-0.2, 0) is 4.79 Å². The first-order valence-corrected chi connectivity index (χ1v) is 11.2. The van der Waals surface area contributed by atoms with E-state index in [9.17, 15) is 4.79 Å². The van der Waals surface area contributed by atoms with Gasteiger partial charge in [-0.05, 0) is 73.9 Å². The smallest absolute Gasteiger partial charge is 0.246 e. The number of carbonyl (C=O) groups is 1. The molecule has 6 heteroatoms. The number of nitrogens with zero attached hydrogens (tertiary/aromatic N) is 4. The molecule has 3 heterocycles. The maximum Gasteiger partial charge on any atom is 0.246 e. The summed E-state index contributed by atoms with van der Waals surface area (Å²) in [5, 5.41) is 6.00. The van der Waals surface area contributed by atoms with E-state index in [2.05, 4.69) is 16.2 Å². The minimum atomic E-state index is -0.0257. The first kappa shape index (κ1) is 20.9. The molecule has 1 atom stereocenters. The molecule has 1 saturated heterocycles. The molecule has 1 aliphatic heterocycles. The minimum absolute atomic E-state index is 0.0257. The van der Waals surface area contributed by atoms with Crippen molar-refractivity contribution in [2.45, 2.75) is 25.8 Å². The standard InChI is InChI=1S/C27H26N4O2/c1-3-26(32)30-15-5-7-21(18-30)31-25-13-14-28-17-24(25)27(29-31)20-9-11-22(12-10-20)33-23-8-4-6-19(2)16-23/h3-4,6,8-14,16-17,21H,1,5,7,15,18H2,2H3. The lowest BCUT2D eigenvalue weighted by Gasteiger charge is -2.32. The number of piperidine rings is 1. The van der Waals surface area contributed by atoms with Gasteiger partial charge in [0, 0.05) is 36.4 Å². The van der Waals surface area contributed by atoms with Gasteiger partial charge in [-0.25, -0.2) is 0 Å². The normalized spacial score (nSPS) is 16.0. The fraction of sp³-hybridized carbons (Fsp3) is 0.222. The second-order valence-electron chi connectivity index (χ2n) is 8.41. The summed E-state index contributed by atoms with van der Waals surface area (Å²) in [7, 11) is 0. The quantitative estimate of drug-likeness (QED) is 0.383. The molecule has 1 amide bonds. The zero-order chi connectivity index (χ0) is 22.8. The number of hydrogen-bond acceptors (Lipinski definition) is 4. The van der Waals surface area contributed by atoms with Crippen LogP contribution >= 0.6 is 0 Å². The fourth-order valence-electron chi connectivity index (χ4n) is 4.46. The Bertz CT molecular complexity index is 1310. The Morgan fingerprint density at radius 3 is 2.79 bits per heavy atom. The van der Waals surface area contributed by atoms with Crippen molar-refractivity contribution in [1.82, 2.24) is 19.7 Å². The Morgan fingerprint density at radius 1 is 1.15 bits per heavy atom. The second-order valence-corrected chi connectivity index (χ2v) is 8.41. The molecule has 0 radical (unpaired) electrons. The van der Waals surface area contributed by atoms with Gasteiger partial charge in [0.2, 0.25) is 5.91 Å². The van der Waals surface area contributed by atoms with Gasteiger partial charge < -0.3 is 9.64 Å². The SMILES string of the molecule is C=CC(=O)N1CCCC(n2nc(-c3ccc(Oc4cccc(C)c4)cc3)c3cnccc32)C1. The lowest BCUT2D eigenvalue weighted by atomic mass is 10.1. The maximum atomic E-state index is 12.2. The van der Waals surface area contributed by atoms with Crippen LogP contribution < -0.4 is 4.74 Å². The number of amides is 1. The predicted molar refractivity (Wildman–Crippen MR) is 129 cm³/mol. The first-order chi connectivity index (χ1) is 16.1. The Morgan fingerprint density at radius 2 is 2.00 bits per heavy atom. The topological polar surface area (TPSA) is 60.2 Å². The molecular formula is C27H26N4O2.